The Balaban J connectivity index is 1.34. The normalized spacial score (nSPS) is 14.0. The van der Waals surface area contributed by atoms with E-state index >= 15 is 0 Å². The number of benzene rings is 1. The van der Waals surface area contributed by atoms with Crippen molar-refractivity contribution >= 4 is 28.5 Å². The number of imidazole rings is 1. The number of aromatic nitrogens is 4. The van der Waals surface area contributed by atoms with Gasteiger partial charge in [-0.1, -0.05) is 18.2 Å². The molecule has 4 heterocycles. The zero-order chi connectivity index (χ0) is 22.9. The number of fused-ring (bicyclic) bond motifs is 1. The van der Waals surface area contributed by atoms with Crippen molar-refractivity contribution in [3.63, 3.8) is 0 Å². The molecule has 0 aliphatic carbocycles. The van der Waals surface area contributed by atoms with Crippen LogP contribution in [-0.2, 0) is 4.79 Å². The maximum atomic E-state index is 14.6. The van der Waals surface area contributed by atoms with Gasteiger partial charge in [-0.3, -0.25) is 14.4 Å². The Morgan fingerprint density at radius 1 is 0.939 bits per heavy atom. The van der Waals surface area contributed by atoms with Gasteiger partial charge in [0.1, 0.15) is 5.69 Å². The van der Waals surface area contributed by atoms with Gasteiger partial charge >= 0.3 is 0 Å². The quantitative estimate of drug-likeness (QED) is 0.369. The zero-order valence-corrected chi connectivity index (χ0v) is 17.4. The minimum absolute atomic E-state index is 0.00541. The number of pyridine rings is 1. The Morgan fingerprint density at radius 2 is 1.67 bits per heavy atom. The van der Waals surface area contributed by atoms with Gasteiger partial charge in [0.15, 0.2) is 5.82 Å². The molecule has 2 N–H and O–H groups in total. The van der Waals surface area contributed by atoms with E-state index in [1.165, 1.54) is 23.6 Å². The number of hydrogen-bond donors (Lipinski definition) is 2. The van der Waals surface area contributed by atoms with Gasteiger partial charge in [-0.2, -0.15) is 0 Å². The third kappa shape index (κ3) is 3.65. The Bertz CT molecular complexity index is 1340. The summed E-state index contributed by atoms with van der Waals surface area (Å²) in [5.74, 6) is -2.37. The fourth-order valence-corrected chi connectivity index (χ4v) is 4.01. The molecule has 0 unspecified atom stereocenters. The standard InChI is InChI=1S/C23H19FN6O3/c24-16-11-27-19(17-12-25-13-28-17)20-18(16)15(10-26-20)21(31)23(33)30-8-6-29(7-9-30)22(32)14-4-2-1-3-5-14/h1-5,10-13,26H,6-9H2,(H,25,28). The molecule has 166 valence electrons. The maximum Gasteiger partial charge on any atom is 0.295 e. The van der Waals surface area contributed by atoms with Crippen LogP contribution in [0.15, 0.2) is 55.2 Å². The first-order chi connectivity index (χ1) is 16.0. The molecule has 5 rings (SSSR count). The smallest absolute Gasteiger partial charge is 0.295 e. The third-order valence-corrected chi connectivity index (χ3v) is 5.73. The molecule has 33 heavy (non-hydrogen) atoms. The number of nitrogens with one attached hydrogen (secondary N) is 2. The average molecular weight is 446 g/mol. The van der Waals surface area contributed by atoms with Crippen LogP contribution in [0.5, 0.6) is 0 Å². The van der Waals surface area contributed by atoms with Gasteiger partial charge in [-0.15, -0.1) is 0 Å². The lowest BCUT2D eigenvalue weighted by Crippen LogP contribution is -2.52. The van der Waals surface area contributed by atoms with Crippen LogP contribution in [0.4, 0.5) is 4.39 Å². The van der Waals surface area contributed by atoms with Crippen molar-refractivity contribution in [1.29, 1.82) is 0 Å². The number of amides is 2. The van der Waals surface area contributed by atoms with E-state index in [-0.39, 0.29) is 29.9 Å². The van der Waals surface area contributed by atoms with Crippen LogP contribution >= 0.6 is 0 Å². The highest BCUT2D eigenvalue weighted by molar-refractivity contribution is 6.45. The highest BCUT2D eigenvalue weighted by atomic mass is 19.1. The Hall–Kier alpha value is -4.34. The summed E-state index contributed by atoms with van der Waals surface area (Å²) in [7, 11) is 0. The molecule has 0 radical (unpaired) electrons. The first-order valence-electron chi connectivity index (χ1n) is 10.4. The fourth-order valence-electron chi connectivity index (χ4n) is 4.01. The molecule has 2 amide bonds. The first-order valence-corrected chi connectivity index (χ1v) is 10.4. The summed E-state index contributed by atoms with van der Waals surface area (Å²) < 4.78 is 14.6. The van der Waals surface area contributed by atoms with Crippen molar-refractivity contribution in [3.05, 3.63) is 72.2 Å². The van der Waals surface area contributed by atoms with Gasteiger partial charge in [-0.05, 0) is 12.1 Å². The molecule has 3 aromatic heterocycles. The van der Waals surface area contributed by atoms with E-state index < -0.39 is 17.5 Å². The van der Waals surface area contributed by atoms with Gasteiger partial charge in [0, 0.05) is 37.9 Å². The number of aromatic amines is 2. The SMILES string of the molecule is O=C(C(=O)N1CCN(C(=O)c2ccccc2)CC1)c1c[nH]c2c(-c3cnc[nH]3)ncc(F)c12. The lowest BCUT2D eigenvalue weighted by atomic mass is 10.1. The van der Waals surface area contributed by atoms with Gasteiger partial charge in [0.2, 0.25) is 0 Å². The number of halogens is 1. The average Bonchev–Trinajstić information content (AvgIpc) is 3.55. The van der Waals surface area contributed by atoms with E-state index in [9.17, 15) is 18.8 Å². The largest absolute Gasteiger partial charge is 0.359 e. The summed E-state index contributed by atoms with van der Waals surface area (Å²) in [5.41, 5.74) is 1.76. The molecular weight excluding hydrogens is 427 g/mol. The van der Waals surface area contributed by atoms with Gasteiger partial charge < -0.3 is 19.8 Å². The Labute approximate surface area is 187 Å². The number of Topliss-reactive ketones (excluding diaryl/α,β-unsaturated/α-hetero) is 1. The number of ketones is 1. The predicted octanol–water partition coefficient (Wildman–Crippen LogP) is 2.26. The van der Waals surface area contributed by atoms with E-state index in [4.69, 9.17) is 0 Å². The maximum absolute atomic E-state index is 14.6. The molecule has 0 spiro atoms. The minimum atomic E-state index is -0.815. The lowest BCUT2D eigenvalue weighted by Gasteiger charge is -2.34. The van der Waals surface area contributed by atoms with Crippen molar-refractivity contribution in [2.45, 2.75) is 0 Å². The third-order valence-electron chi connectivity index (χ3n) is 5.73. The van der Waals surface area contributed by atoms with Gasteiger partial charge in [0.05, 0.1) is 40.9 Å². The van der Waals surface area contributed by atoms with Crippen LogP contribution in [0.25, 0.3) is 22.3 Å². The summed E-state index contributed by atoms with van der Waals surface area (Å²) in [6.45, 7) is 1.05. The molecule has 0 bridgehead atoms. The van der Waals surface area contributed by atoms with Gasteiger partial charge in [-0.25, -0.2) is 14.4 Å². The number of carbonyl (C=O) groups is 3. The highest BCUT2D eigenvalue weighted by Crippen LogP contribution is 2.29. The monoisotopic (exact) mass is 446 g/mol. The number of carbonyl (C=O) groups excluding carboxylic acids is 3. The molecule has 1 fully saturated rings. The fraction of sp³-hybridized carbons (Fsp3) is 0.174. The van der Waals surface area contributed by atoms with E-state index in [1.54, 1.807) is 29.2 Å². The number of piperazine rings is 1. The van der Waals surface area contributed by atoms with E-state index in [0.29, 0.717) is 35.6 Å². The molecule has 0 atom stereocenters. The highest BCUT2D eigenvalue weighted by Gasteiger charge is 2.31. The second-order valence-electron chi connectivity index (χ2n) is 7.65. The van der Waals surface area contributed by atoms with E-state index in [2.05, 4.69) is 19.9 Å². The van der Waals surface area contributed by atoms with E-state index in [1.807, 2.05) is 6.07 Å². The molecule has 4 aromatic rings. The summed E-state index contributed by atoms with van der Waals surface area (Å²) in [5, 5.41) is 0.00541. The van der Waals surface area contributed by atoms with Gasteiger partial charge in [0.25, 0.3) is 17.6 Å². The second kappa shape index (κ2) is 8.30. The van der Waals surface area contributed by atoms with Crippen molar-refractivity contribution in [1.82, 2.24) is 29.7 Å². The van der Waals surface area contributed by atoms with Crippen molar-refractivity contribution < 1.29 is 18.8 Å². The number of rotatable bonds is 4. The topological polar surface area (TPSA) is 115 Å². The first kappa shape index (κ1) is 20.6. The van der Waals surface area contributed by atoms with E-state index in [0.717, 1.165) is 6.20 Å². The molecule has 1 aliphatic heterocycles. The summed E-state index contributed by atoms with van der Waals surface area (Å²) >= 11 is 0. The van der Waals surface area contributed by atoms with Crippen LogP contribution in [0.2, 0.25) is 0 Å². The van der Waals surface area contributed by atoms with Crippen molar-refractivity contribution in [2.75, 3.05) is 26.2 Å². The zero-order valence-electron chi connectivity index (χ0n) is 17.4. The summed E-state index contributed by atoms with van der Waals surface area (Å²) in [4.78, 5) is 55.4. The summed E-state index contributed by atoms with van der Waals surface area (Å²) in [6.07, 6.45) is 5.34. The lowest BCUT2D eigenvalue weighted by molar-refractivity contribution is -0.127. The van der Waals surface area contributed by atoms with Crippen LogP contribution in [-0.4, -0.2) is 73.5 Å². The van der Waals surface area contributed by atoms with Crippen molar-refractivity contribution in [2.24, 2.45) is 0 Å². The molecular formula is C23H19FN6O3. The molecule has 1 aliphatic rings. The Morgan fingerprint density at radius 3 is 2.36 bits per heavy atom. The molecule has 10 heteroatoms. The number of H-pyrrole nitrogens is 2. The predicted molar refractivity (Wildman–Crippen MR) is 117 cm³/mol. The number of hydrogen-bond acceptors (Lipinski definition) is 5. The van der Waals surface area contributed by atoms with Crippen LogP contribution in [0.3, 0.4) is 0 Å². The molecule has 0 saturated carbocycles. The minimum Gasteiger partial charge on any atom is -0.359 e. The molecule has 1 aromatic carbocycles. The summed E-state index contributed by atoms with van der Waals surface area (Å²) in [6, 6.07) is 8.89. The Kier molecular flexibility index (Phi) is 5.17. The molecule has 9 nitrogen and oxygen atoms in total. The van der Waals surface area contributed by atoms with Crippen LogP contribution in [0.1, 0.15) is 20.7 Å². The van der Waals surface area contributed by atoms with Crippen LogP contribution in [0, 0.1) is 5.82 Å². The number of nitrogens with zero attached hydrogens (tertiary/aromatic N) is 4. The molecule has 1 saturated heterocycles. The van der Waals surface area contributed by atoms with Crippen LogP contribution < -0.4 is 0 Å². The van der Waals surface area contributed by atoms with Crippen molar-refractivity contribution in [3.8, 4) is 11.4 Å². The second-order valence-corrected chi connectivity index (χ2v) is 7.65.